The van der Waals surface area contributed by atoms with Gasteiger partial charge in [0, 0.05) is 19.6 Å². The number of nitrogens with one attached hydrogen (secondary N) is 1. The first-order valence-electron chi connectivity index (χ1n) is 7.49. The number of sulfonamides is 1. The molecule has 1 N–H and O–H groups in total. The quantitative estimate of drug-likeness (QED) is 0.699. The van der Waals surface area contributed by atoms with Crippen molar-refractivity contribution in [2.24, 2.45) is 5.92 Å². The van der Waals surface area contributed by atoms with Crippen LogP contribution in [0.15, 0.2) is 30.3 Å². The number of nitrogens with zero attached hydrogens (tertiary/aromatic N) is 1. The monoisotopic (exact) mass is 404 g/mol. The molecule has 1 heterocycles. The zero-order valence-electron chi connectivity index (χ0n) is 12.8. The Labute approximate surface area is 145 Å². The number of para-hydroxylation sites is 1. The number of benzene rings is 1. The maximum atomic E-state index is 12.1. The summed E-state index contributed by atoms with van der Waals surface area (Å²) in [5, 5.41) is 0. The van der Waals surface area contributed by atoms with Crippen LogP contribution in [0.25, 0.3) is 0 Å². The lowest BCUT2D eigenvalue weighted by Crippen LogP contribution is -2.43. The van der Waals surface area contributed by atoms with Crippen molar-refractivity contribution in [3.8, 4) is 5.75 Å². The van der Waals surface area contributed by atoms with E-state index < -0.39 is 10.0 Å². The molecule has 0 atom stereocenters. The van der Waals surface area contributed by atoms with Crippen molar-refractivity contribution in [3.63, 3.8) is 0 Å². The van der Waals surface area contributed by atoms with E-state index in [2.05, 4.69) is 20.7 Å². The second-order valence-electron chi connectivity index (χ2n) is 5.50. The summed E-state index contributed by atoms with van der Waals surface area (Å²) < 4.78 is 30.7. The Morgan fingerprint density at radius 1 is 1.26 bits per heavy atom. The van der Waals surface area contributed by atoms with E-state index in [-0.39, 0.29) is 23.1 Å². The van der Waals surface area contributed by atoms with Gasteiger partial charge in [0.2, 0.25) is 10.0 Å². The van der Waals surface area contributed by atoms with Gasteiger partial charge in [0.1, 0.15) is 10.4 Å². The molecule has 0 saturated carbocycles. The molecule has 2 rings (SSSR count). The third-order valence-corrected chi connectivity index (χ3v) is 6.51. The molecule has 0 bridgehead atoms. The summed E-state index contributed by atoms with van der Waals surface area (Å²) in [6, 6.07) is 9.24. The molecule has 8 heteroatoms. The normalized spacial score (nSPS) is 16.3. The standard InChI is InChI=1S/C15H21BrN2O4S/c16-12-23(20,21)17-10-13-6-8-18(9-7-13)15(19)11-22-14-4-2-1-3-5-14/h1-5,13,17H,6-12H2. The van der Waals surface area contributed by atoms with Crippen molar-refractivity contribution < 1.29 is 17.9 Å². The van der Waals surface area contributed by atoms with E-state index in [4.69, 9.17) is 4.74 Å². The highest BCUT2D eigenvalue weighted by atomic mass is 79.9. The number of likely N-dealkylation sites (tertiary alicyclic amines) is 1. The topological polar surface area (TPSA) is 75.7 Å². The minimum absolute atomic E-state index is 0.0326. The molecule has 0 unspecified atom stereocenters. The molecule has 0 aliphatic carbocycles. The molecule has 1 aliphatic rings. The number of hydrogen-bond acceptors (Lipinski definition) is 4. The number of carbonyl (C=O) groups is 1. The van der Waals surface area contributed by atoms with E-state index in [0.717, 1.165) is 12.8 Å². The Balaban J connectivity index is 1.70. The van der Waals surface area contributed by atoms with Gasteiger partial charge in [0.05, 0.1) is 0 Å². The lowest BCUT2D eigenvalue weighted by atomic mass is 9.97. The van der Waals surface area contributed by atoms with Crippen molar-refractivity contribution in [3.05, 3.63) is 30.3 Å². The molecule has 1 aliphatic heterocycles. The van der Waals surface area contributed by atoms with Crippen molar-refractivity contribution in [1.82, 2.24) is 9.62 Å². The van der Waals surface area contributed by atoms with Gasteiger partial charge in [-0.25, -0.2) is 13.1 Å². The number of halogens is 1. The van der Waals surface area contributed by atoms with Crippen LogP contribution in [0.2, 0.25) is 0 Å². The number of piperidine rings is 1. The first-order chi connectivity index (χ1) is 11.0. The predicted octanol–water partition coefficient (Wildman–Crippen LogP) is 1.58. The predicted molar refractivity (Wildman–Crippen MR) is 92.0 cm³/mol. The Morgan fingerprint density at radius 2 is 1.91 bits per heavy atom. The zero-order valence-corrected chi connectivity index (χ0v) is 15.2. The summed E-state index contributed by atoms with van der Waals surface area (Å²) in [5.41, 5.74) is 0. The summed E-state index contributed by atoms with van der Waals surface area (Å²) in [7, 11) is -3.22. The minimum atomic E-state index is -3.22. The van der Waals surface area contributed by atoms with Gasteiger partial charge in [0.25, 0.3) is 5.91 Å². The van der Waals surface area contributed by atoms with E-state index in [9.17, 15) is 13.2 Å². The average Bonchev–Trinajstić information content (AvgIpc) is 2.59. The van der Waals surface area contributed by atoms with Crippen LogP contribution >= 0.6 is 15.9 Å². The molecule has 1 aromatic carbocycles. The van der Waals surface area contributed by atoms with Gasteiger partial charge in [-0.3, -0.25) is 4.79 Å². The van der Waals surface area contributed by atoms with Gasteiger partial charge >= 0.3 is 0 Å². The highest BCUT2D eigenvalue weighted by Crippen LogP contribution is 2.17. The van der Waals surface area contributed by atoms with Gasteiger partial charge in [-0.15, -0.1) is 0 Å². The number of hydrogen-bond donors (Lipinski definition) is 1. The molecule has 6 nitrogen and oxygen atoms in total. The summed E-state index contributed by atoms with van der Waals surface area (Å²) in [6.07, 6.45) is 1.59. The SMILES string of the molecule is O=C(COc1ccccc1)N1CCC(CNS(=O)(=O)CBr)CC1. The van der Waals surface area contributed by atoms with E-state index in [1.807, 2.05) is 30.3 Å². The Hall–Kier alpha value is -1.12. The second-order valence-corrected chi connectivity index (χ2v) is 8.61. The first-order valence-corrected chi connectivity index (χ1v) is 10.3. The van der Waals surface area contributed by atoms with Crippen LogP contribution in [-0.4, -0.2) is 50.1 Å². The number of rotatable bonds is 7. The van der Waals surface area contributed by atoms with Crippen LogP contribution in [0.3, 0.4) is 0 Å². The van der Waals surface area contributed by atoms with E-state index in [1.54, 1.807) is 4.90 Å². The number of ether oxygens (including phenoxy) is 1. The van der Waals surface area contributed by atoms with Crippen LogP contribution < -0.4 is 9.46 Å². The molecule has 128 valence electrons. The molecule has 1 fully saturated rings. The summed E-state index contributed by atoms with van der Waals surface area (Å²) >= 11 is 2.94. The molecule has 0 radical (unpaired) electrons. The highest BCUT2D eigenvalue weighted by molar-refractivity contribution is 9.10. The second kappa shape index (κ2) is 8.65. The van der Waals surface area contributed by atoms with Gasteiger partial charge in [-0.1, -0.05) is 34.1 Å². The van der Waals surface area contributed by atoms with Crippen LogP contribution in [0, 0.1) is 5.92 Å². The molecule has 1 saturated heterocycles. The Bertz CT molecular complexity index is 601. The molecular formula is C15H21BrN2O4S. The molecule has 1 amide bonds. The lowest BCUT2D eigenvalue weighted by molar-refractivity contribution is -0.134. The lowest BCUT2D eigenvalue weighted by Gasteiger charge is -2.32. The van der Waals surface area contributed by atoms with Crippen molar-refractivity contribution >= 4 is 31.9 Å². The Kier molecular flexibility index (Phi) is 6.86. The van der Waals surface area contributed by atoms with E-state index in [1.165, 1.54) is 0 Å². The maximum absolute atomic E-state index is 12.1. The largest absolute Gasteiger partial charge is 0.484 e. The van der Waals surface area contributed by atoms with Crippen LogP contribution in [-0.2, 0) is 14.8 Å². The number of alkyl halides is 1. The fourth-order valence-corrected chi connectivity index (χ4v) is 3.48. The Morgan fingerprint density at radius 3 is 2.52 bits per heavy atom. The fraction of sp³-hybridized carbons (Fsp3) is 0.533. The molecular weight excluding hydrogens is 384 g/mol. The van der Waals surface area contributed by atoms with Crippen LogP contribution in [0.5, 0.6) is 5.75 Å². The first kappa shape index (κ1) is 18.2. The maximum Gasteiger partial charge on any atom is 0.260 e. The van der Waals surface area contributed by atoms with Crippen molar-refractivity contribution in [1.29, 1.82) is 0 Å². The van der Waals surface area contributed by atoms with Crippen LogP contribution in [0.1, 0.15) is 12.8 Å². The van der Waals surface area contributed by atoms with Crippen molar-refractivity contribution in [2.75, 3.05) is 30.9 Å². The fourth-order valence-electron chi connectivity index (χ4n) is 2.42. The van der Waals surface area contributed by atoms with E-state index >= 15 is 0 Å². The highest BCUT2D eigenvalue weighted by Gasteiger charge is 2.24. The summed E-state index contributed by atoms with van der Waals surface area (Å²) in [5.74, 6) is 0.913. The zero-order chi connectivity index (χ0) is 16.7. The summed E-state index contributed by atoms with van der Waals surface area (Å²) in [4.78, 5) is 13.9. The molecule has 23 heavy (non-hydrogen) atoms. The third kappa shape index (κ3) is 6.12. The number of amides is 1. The summed E-state index contributed by atoms with van der Waals surface area (Å²) in [6.45, 7) is 1.73. The van der Waals surface area contributed by atoms with Crippen molar-refractivity contribution in [2.45, 2.75) is 12.8 Å². The van der Waals surface area contributed by atoms with Gasteiger partial charge < -0.3 is 9.64 Å². The average molecular weight is 405 g/mol. The van der Waals surface area contributed by atoms with Gasteiger partial charge in [0.15, 0.2) is 6.61 Å². The molecule has 1 aromatic rings. The minimum Gasteiger partial charge on any atom is -0.484 e. The third-order valence-electron chi connectivity index (χ3n) is 3.81. The van der Waals surface area contributed by atoms with Gasteiger partial charge in [-0.2, -0.15) is 0 Å². The smallest absolute Gasteiger partial charge is 0.260 e. The number of carbonyl (C=O) groups excluding carboxylic acids is 1. The molecule has 0 spiro atoms. The van der Waals surface area contributed by atoms with E-state index in [0.29, 0.717) is 25.4 Å². The van der Waals surface area contributed by atoms with Gasteiger partial charge in [-0.05, 0) is 30.9 Å². The molecule has 0 aromatic heterocycles. The van der Waals surface area contributed by atoms with Crippen LogP contribution in [0.4, 0.5) is 0 Å².